The zero-order valence-electron chi connectivity index (χ0n) is 11.8. The molecule has 0 unspecified atom stereocenters. The lowest BCUT2D eigenvalue weighted by atomic mass is 10.1. The van der Waals surface area contributed by atoms with Gasteiger partial charge in [0.2, 0.25) is 5.91 Å². The summed E-state index contributed by atoms with van der Waals surface area (Å²) in [6, 6.07) is 4.49. The van der Waals surface area contributed by atoms with Crippen LogP contribution in [0.4, 0.5) is 5.69 Å². The fraction of sp³-hybridized carbons (Fsp3) is 0.308. The van der Waals surface area contributed by atoms with Crippen molar-refractivity contribution in [1.82, 2.24) is 5.32 Å². The predicted octanol–water partition coefficient (Wildman–Crippen LogP) is -0.329. The molecule has 0 aliphatic heterocycles. The number of carbonyl (C=O) groups is 3. The number of carbonyl (C=O) groups excluding carboxylic acids is 3. The van der Waals surface area contributed by atoms with Crippen LogP contribution in [-0.2, 0) is 25.5 Å². The molecule has 0 aliphatic rings. The zero-order valence-corrected chi connectivity index (χ0v) is 11.8. The van der Waals surface area contributed by atoms with Crippen molar-refractivity contribution in [3.63, 3.8) is 0 Å². The second-order valence-corrected chi connectivity index (χ2v) is 4.43. The van der Waals surface area contributed by atoms with Crippen molar-refractivity contribution in [3.05, 3.63) is 39.9 Å². The molecule has 2 amide bonds. The minimum atomic E-state index is -1.01. The van der Waals surface area contributed by atoms with Gasteiger partial charge >= 0.3 is 5.97 Å². The van der Waals surface area contributed by atoms with Crippen LogP contribution in [0.3, 0.4) is 0 Å². The smallest absolute Gasteiger partial charge is 0.303 e. The lowest BCUT2D eigenvalue weighted by molar-refractivity contribution is -0.384. The van der Waals surface area contributed by atoms with Crippen LogP contribution in [-0.4, -0.2) is 35.4 Å². The summed E-state index contributed by atoms with van der Waals surface area (Å²) in [5.74, 6) is -2.06. The topological polar surface area (TPSA) is 142 Å². The summed E-state index contributed by atoms with van der Waals surface area (Å²) in [5.41, 5.74) is 5.70. The highest BCUT2D eigenvalue weighted by Gasteiger charge is 2.19. The molecule has 0 radical (unpaired) electrons. The fourth-order valence-electron chi connectivity index (χ4n) is 1.62. The first-order valence-electron chi connectivity index (χ1n) is 6.25. The van der Waals surface area contributed by atoms with Crippen LogP contribution in [0, 0.1) is 10.1 Å². The van der Waals surface area contributed by atoms with E-state index >= 15 is 0 Å². The average molecular weight is 309 g/mol. The number of benzene rings is 1. The van der Waals surface area contributed by atoms with Crippen LogP contribution in [0.1, 0.15) is 12.5 Å². The lowest BCUT2D eigenvalue weighted by Gasteiger charge is -2.15. The van der Waals surface area contributed by atoms with Gasteiger partial charge in [0.15, 0.2) is 6.61 Å². The number of ether oxygens (including phenoxy) is 1. The molecular weight excluding hydrogens is 294 g/mol. The number of esters is 1. The molecule has 1 atom stereocenters. The summed E-state index contributed by atoms with van der Waals surface area (Å²) in [6.45, 7) is 0.634. The Bertz CT molecular complexity index is 584. The Balaban J connectivity index is 2.67. The number of nitrogens with one attached hydrogen (secondary N) is 1. The maximum absolute atomic E-state index is 11.5. The summed E-state index contributed by atoms with van der Waals surface area (Å²) in [5, 5.41) is 12.9. The van der Waals surface area contributed by atoms with Gasteiger partial charge in [-0.15, -0.1) is 0 Å². The Morgan fingerprint density at radius 3 is 2.36 bits per heavy atom. The summed E-state index contributed by atoms with van der Waals surface area (Å²) >= 11 is 0. The van der Waals surface area contributed by atoms with Crippen molar-refractivity contribution in [1.29, 1.82) is 0 Å². The van der Waals surface area contributed by atoms with Gasteiger partial charge in [0.1, 0.15) is 6.04 Å². The van der Waals surface area contributed by atoms with E-state index in [-0.39, 0.29) is 12.1 Å². The molecule has 9 nitrogen and oxygen atoms in total. The second-order valence-electron chi connectivity index (χ2n) is 4.43. The van der Waals surface area contributed by atoms with Gasteiger partial charge in [0, 0.05) is 25.5 Å². The minimum absolute atomic E-state index is 0.0686. The maximum atomic E-state index is 11.5. The summed E-state index contributed by atoms with van der Waals surface area (Å²) < 4.78 is 4.50. The number of nitro benzene ring substituents is 1. The molecule has 0 bridgehead atoms. The highest BCUT2D eigenvalue weighted by atomic mass is 16.6. The van der Waals surface area contributed by atoms with Gasteiger partial charge in [0.25, 0.3) is 11.6 Å². The van der Waals surface area contributed by atoms with Crippen LogP contribution >= 0.6 is 0 Å². The van der Waals surface area contributed by atoms with E-state index in [1.54, 1.807) is 0 Å². The largest absolute Gasteiger partial charge is 0.456 e. The van der Waals surface area contributed by atoms with Gasteiger partial charge in [0.05, 0.1) is 4.92 Å². The number of amides is 2. The maximum Gasteiger partial charge on any atom is 0.303 e. The van der Waals surface area contributed by atoms with Crippen molar-refractivity contribution < 1.29 is 24.0 Å². The van der Waals surface area contributed by atoms with Crippen molar-refractivity contribution >= 4 is 23.5 Å². The first kappa shape index (κ1) is 17.1. The molecular formula is C13H15N3O6. The molecule has 0 aromatic heterocycles. The van der Waals surface area contributed by atoms with Crippen molar-refractivity contribution in [3.8, 4) is 0 Å². The Morgan fingerprint density at radius 2 is 1.91 bits per heavy atom. The minimum Gasteiger partial charge on any atom is -0.456 e. The van der Waals surface area contributed by atoms with Crippen LogP contribution in [0.15, 0.2) is 24.3 Å². The van der Waals surface area contributed by atoms with Gasteiger partial charge in [-0.2, -0.15) is 0 Å². The lowest BCUT2D eigenvalue weighted by Crippen LogP contribution is -2.47. The Kier molecular flexibility index (Phi) is 5.99. The third kappa shape index (κ3) is 5.57. The highest BCUT2D eigenvalue weighted by Crippen LogP contribution is 2.13. The van der Waals surface area contributed by atoms with Crippen LogP contribution in [0.25, 0.3) is 0 Å². The van der Waals surface area contributed by atoms with E-state index in [2.05, 4.69) is 10.1 Å². The van der Waals surface area contributed by atoms with Crippen molar-refractivity contribution in [2.75, 3.05) is 6.61 Å². The number of nitrogens with two attached hydrogens (primary N) is 1. The zero-order chi connectivity index (χ0) is 16.7. The molecule has 3 N–H and O–H groups in total. The molecule has 0 fully saturated rings. The monoisotopic (exact) mass is 309 g/mol. The number of rotatable bonds is 7. The number of hydrogen-bond donors (Lipinski definition) is 2. The number of primary amides is 1. The molecule has 9 heteroatoms. The highest BCUT2D eigenvalue weighted by molar-refractivity contribution is 5.88. The first-order chi connectivity index (χ1) is 10.3. The van der Waals surface area contributed by atoms with Crippen LogP contribution in [0.2, 0.25) is 0 Å². The molecule has 22 heavy (non-hydrogen) atoms. The standard InChI is InChI=1S/C13H15N3O6/c1-8(17)22-7-12(18)15-11(13(14)19)6-9-2-4-10(5-3-9)16(20)21/h2-5,11H,6-7H2,1H3,(H2,14,19)(H,15,18)/t11-/m0/s1. The third-order valence-electron chi connectivity index (χ3n) is 2.67. The Labute approximate surface area is 125 Å². The summed E-state index contributed by atoms with van der Waals surface area (Å²) in [4.78, 5) is 43.5. The van der Waals surface area contributed by atoms with E-state index in [1.165, 1.54) is 24.3 Å². The SMILES string of the molecule is CC(=O)OCC(=O)N[C@@H](Cc1ccc([N+](=O)[O-])cc1)C(N)=O. The molecule has 0 heterocycles. The molecule has 118 valence electrons. The molecule has 1 aromatic carbocycles. The van der Waals surface area contributed by atoms with E-state index in [4.69, 9.17) is 5.73 Å². The van der Waals surface area contributed by atoms with Gasteiger partial charge in [-0.05, 0) is 5.56 Å². The van der Waals surface area contributed by atoms with Crippen molar-refractivity contribution in [2.24, 2.45) is 5.73 Å². The number of nitrogens with zero attached hydrogens (tertiary/aromatic N) is 1. The number of nitro groups is 1. The normalized spacial score (nSPS) is 11.3. The summed E-state index contributed by atoms with van der Waals surface area (Å²) in [7, 11) is 0. The van der Waals surface area contributed by atoms with Crippen LogP contribution < -0.4 is 11.1 Å². The van der Waals surface area contributed by atoms with E-state index in [0.29, 0.717) is 5.56 Å². The van der Waals surface area contributed by atoms with Gasteiger partial charge in [-0.3, -0.25) is 24.5 Å². The molecule has 0 saturated carbocycles. The quantitative estimate of drug-likeness (QED) is 0.401. The van der Waals surface area contributed by atoms with E-state index in [1.807, 2.05) is 0 Å². The van der Waals surface area contributed by atoms with E-state index in [9.17, 15) is 24.5 Å². The number of hydrogen-bond acceptors (Lipinski definition) is 6. The fourth-order valence-corrected chi connectivity index (χ4v) is 1.62. The Morgan fingerprint density at radius 1 is 1.32 bits per heavy atom. The van der Waals surface area contributed by atoms with Gasteiger partial charge in [-0.1, -0.05) is 12.1 Å². The van der Waals surface area contributed by atoms with E-state index < -0.39 is 35.4 Å². The molecule has 0 spiro atoms. The van der Waals surface area contributed by atoms with Crippen molar-refractivity contribution in [2.45, 2.75) is 19.4 Å². The first-order valence-corrected chi connectivity index (χ1v) is 6.25. The third-order valence-corrected chi connectivity index (χ3v) is 2.67. The summed E-state index contributed by atoms with van der Waals surface area (Å²) in [6.07, 6.45) is 0.0686. The Hall–Kier alpha value is -2.97. The molecule has 0 saturated heterocycles. The van der Waals surface area contributed by atoms with E-state index in [0.717, 1.165) is 6.92 Å². The predicted molar refractivity (Wildman–Crippen MR) is 74.6 cm³/mol. The average Bonchev–Trinajstić information content (AvgIpc) is 2.44. The van der Waals surface area contributed by atoms with Gasteiger partial charge < -0.3 is 15.8 Å². The number of non-ortho nitro benzene ring substituents is 1. The van der Waals surface area contributed by atoms with Gasteiger partial charge in [-0.25, -0.2) is 0 Å². The van der Waals surface area contributed by atoms with Crippen LogP contribution in [0.5, 0.6) is 0 Å². The molecule has 0 aliphatic carbocycles. The molecule has 1 aromatic rings. The second kappa shape index (κ2) is 7.72. The molecule has 1 rings (SSSR count).